The first-order chi connectivity index (χ1) is 9.08. The third kappa shape index (κ3) is 4.03. The lowest BCUT2D eigenvalue weighted by Crippen LogP contribution is -2.37. The SMILES string of the molecule is CC(C)CNCC1CCC1Cc1cccc(F)c1Br. The van der Waals surface area contributed by atoms with Crippen molar-refractivity contribution in [2.75, 3.05) is 13.1 Å². The Morgan fingerprint density at radius 1 is 1.32 bits per heavy atom. The fourth-order valence-corrected chi connectivity index (χ4v) is 3.15. The van der Waals surface area contributed by atoms with Crippen molar-refractivity contribution in [1.82, 2.24) is 5.32 Å². The van der Waals surface area contributed by atoms with Crippen LogP contribution in [0.5, 0.6) is 0 Å². The minimum atomic E-state index is -0.147. The average Bonchev–Trinajstić information content (AvgIpc) is 2.34. The van der Waals surface area contributed by atoms with Crippen LogP contribution in [0.15, 0.2) is 22.7 Å². The predicted molar refractivity (Wildman–Crippen MR) is 81.7 cm³/mol. The van der Waals surface area contributed by atoms with Crippen LogP contribution in [0, 0.1) is 23.6 Å². The molecule has 0 radical (unpaired) electrons. The Kier molecular flexibility index (Phi) is 5.40. The molecule has 0 aliphatic heterocycles. The monoisotopic (exact) mass is 327 g/mol. The number of rotatable bonds is 6. The minimum Gasteiger partial charge on any atom is -0.316 e. The molecular formula is C16H23BrFN. The second-order valence-electron chi connectivity index (χ2n) is 6.07. The molecule has 2 rings (SSSR count). The highest BCUT2D eigenvalue weighted by molar-refractivity contribution is 9.10. The van der Waals surface area contributed by atoms with E-state index in [0.717, 1.165) is 31.0 Å². The van der Waals surface area contributed by atoms with Crippen LogP contribution in [0.3, 0.4) is 0 Å². The summed E-state index contributed by atoms with van der Waals surface area (Å²) in [6.45, 7) is 6.66. The Hall–Kier alpha value is -0.410. The van der Waals surface area contributed by atoms with Crippen molar-refractivity contribution in [2.24, 2.45) is 17.8 Å². The summed E-state index contributed by atoms with van der Waals surface area (Å²) < 4.78 is 14.1. The summed E-state index contributed by atoms with van der Waals surface area (Å²) in [6, 6.07) is 5.35. The predicted octanol–water partition coefficient (Wildman–Crippen LogP) is 4.40. The zero-order valence-electron chi connectivity index (χ0n) is 11.8. The zero-order chi connectivity index (χ0) is 13.8. The smallest absolute Gasteiger partial charge is 0.137 e. The van der Waals surface area contributed by atoms with Gasteiger partial charge in [0.1, 0.15) is 5.82 Å². The van der Waals surface area contributed by atoms with Gasteiger partial charge in [-0.05, 0) is 77.7 Å². The van der Waals surface area contributed by atoms with Crippen molar-refractivity contribution < 1.29 is 4.39 Å². The molecule has 1 saturated carbocycles. The summed E-state index contributed by atoms with van der Waals surface area (Å²) in [5.41, 5.74) is 1.11. The number of hydrogen-bond acceptors (Lipinski definition) is 1. The first-order valence-electron chi connectivity index (χ1n) is 7.21. The third-order valence-corrected chi connectivity index (χ3v) is 4.94. The summed E-state index contributed by atoms with van der Waals surface area (Å²) in [7, 11) is 0. The van der Waals surface area contributed by atoms with Gasteiger partial charge in [-0.25, -0.2) is 4.39 Å². The van der Waals surface area contributed by atoms with Crippen molar-refractivity contribution in [3.8, 4) is 0 Å². The Labute approximate surface area is 124 Å². The Balaban J connectivity index is 1.84. The molecule has 1 aromatic rings. The second-order valence-corrected chi connectivity index (χ2v) is 6.86. The van der Waals surface area contributed by atoms with E-state index in [1.807, 2.05) is 6.07 Å². The molecule has 106 valence electrons. The van der Waals surface area contributed by atoms with E-state index in [2.05, 4.69) is 35.1 Å². The highest BCUT2D eigenvalue weighted by Crippen LogP contribution is 2.37. The number of benzene rings is 1. The maximum Gasteiger partial charge on any atom is 0.137 e. The number of nitrogens with one attached hydrogen (secondary N) is 1. The molecule has 0 bridgehead atoms. The highest BCUT2D eigenvalue weighted by Gasteiger charge is 2.30. The molecule has 1 aliphatic rings. The van der Waals surface area contributed by atoms with Gasteiger partial charge in [-0.15, -0.1) is 0 Å². The lowest BCUT2D eigenvalue weighted by Gasteiger charge is -2.37. The molecular weight excluding hydrogens is 305 g/mol. The second kappa shape index (κ2) is 6.85. The van der Waals surface area contributed by atoms with E-state index < -0.39 is 0 Å². The van der Waals surface area contributed by atoms with Gasteiger partial charge in [0.25, 0.3) is 0 Å². The van der Waals surface area contributed by atoms with Crippen LogP contribution in [0.4, 0.5) is 4.39 Å². The first kappa shape index (κ1) is 15.0. The van der Waals surface area contributed by atoms with Crippen LogP contribution in [-0.4, -0.2) is 13.1 Å². The standard InChI is InChI=1S/C16H23BrFN/c1-11(2)9-19-10-14-7-6-12(14)8-13-4-3-5-15(18)16(13)17/h3-5,11-12,14,19H,6-10H2,1-2H3. The largest absolute Gasteiger partial charge is 0.316 e. The highest BCUT2D eigenvalue weighted by atomic mass is 79.9. The minimum absolute atomic E-state index is 0.147. The van der Waals surface area contributed by atoms with Gasteiger partial charge in [0.2, 0.25) is 0 Å². The molecule has 2 unspecified atom stereocenters. The summed E-state index contributed by atoms with van der Waals surface area (Å²) >= 11 is 3.36. The molecule has 2 atom stereocenters. The molecule has 1 aromatic carbocycles. The first-order valence-corrected chi connectivity index (χ1v) is 8.00. The molecule has 1 fully saturated rings. The molecule has 0 amide bonds. The van der Waals surface area contributed by atoms with Crippen LogP contribution >= 0.6 is 15.9 Å². The van der Waals surface area contributed by atoms with Crippen molar-refractivity contribution in [3.05, 3.63) is 34.1 Å². The molecule has 3 heteroatoms. The molecule has 0 spiro atoms. The van der Waals surface area contributed by atoms with Crippen LogP contribution in [0.1, 0.15) is 32.3 Å². The third-order valence-electron chi connectivity index (χ3n) is 4.05. The van der Waals surface area contributed by atoms with Crippen molar-refractivity contribution in [2.45, 2.75) is 33.1 Å². The van der Waals surface area contributed by atoms with E-state index in [1.165, 1.54) is 18.9 Å². The lowest BCUT2D eigenvalue weighted by atomic mass is 9.70. The fourth-order valence-electron chi connectivity index (χ4n) is 2.72. The summed E-state index contributed by atoms with van der Waals surface area (Å²) in [6.07, 6.45) is 3.58. The van der Waals surface area contributed by atoms with Gasteiger partial charge in [-0.2, -0.15) is 0 Å². The van der Waals surface area contributed by atoms with Gasteiger partial charge in [0.05, 0.1) is 4.47 Å². The number of hydrogen-bond donors (Lipinski definition) is 1. The number of halogens is 2. The summed E-state index contributed by atoms with van der Waals surface area (Å²) in [5, 5.41) is 3.54. The van der Waals surface area contributed by atoms with Crippen LogP contribution in [-0.2, 0) is 6.42 Å². The molecule has 0 aromatic heterocycles. The van der Waals surface area contributed by atoms with Gasteiger partial charge in [0.15, 0.2) is 0 Å². The summed E-state index contributed by atoms with van der Waals surface area (Å²) in [5.74, 6) is 2.02. The Morgan fingerprint density at radius 2 is 2.05 bits per heavy atom. The van der Waals surface area contributed by atoms with E-state index in [0.29, 0.717) is 16.3 Å². The van der Waals surface area contributed by atoms with E-state index in [1.54, 1.807) is 6.07 Å². The van der Waals surface area contributed by atoms with Gasteiger partial charge >= 0.3 is 0 Å². The molecule has 0 heterocycles. The van der Waals surface area contributed by atoms with E-state index in [9.17, 15) is 4.39 Å². The van der Waals surface area contributed by atoms with E-state index in [-0.39, 0.29) is 5.82 Å². The van der Waals surface area contributed by atoms with Crippen LogP contribution in [0.2, 0.25) is 0 Å². The van der Waals surface area contributed by atoms with Crippen LogP contribution < -0.4 is 5.32 Å². The zero-order valence-corrected chi connectivity index (χ0v) is 13.3. The molecule has 0 saturated heterocycles. The normalized spacial score (nSPS) is 22.6. The molecule has 19 heavy (non-hydrogen) atoms. The van der Waals surface area contributed by atoms with Crippen molar-refractivity contribution in [1.29, 1.82) is 0 Å². The molecule has 1 nitrogen and oxygen atoms in total. The quantitative estimate of drug-likeness (QED) is 0.816. The van der Waals surface area contributed by atoms with E-state index in [4.69, 9.17) is 0 Å². The maximum absolute atomic E-state index is 13.5. The van der Waals surface area contributed by atoms with Gasteiger partial charge in [0, 0.05) is 0 Å². The Bertz CT molecular complexity index is 419. The van der Waals surface area contributed by atoms with E-state index >= 15 is 0 Å². The van der Waals surface area contributed by atoms with Gasteiger partial charge < -0.3 is 5.32 Å². The van der Waals surface area contributed by atoms with Crippen molar-refractivity contribution >= 4 is 15.9 Å². The summed E-state index contributed by atoms with van der Waals surface area (Å²) in [4.78, 5) is 0. The maximum atomic E-state index is 13.5. The fraction of sp³-hybridized carbons (Fsp3) is 0.625. The molecule has 1 N–H and O–H groups in total. The van der Waals surface area contributed by atoms with Crippen LogP contribution in [0.25, 0.3) is 0 Å². The molecule has 1 aliphatic carbocycles. The van der Waals surface area contributed by atoms with Gasteiger partial charge in [-0.3, -0.25) is 0 Å². The Morgan fingerprint density at radius 3 is 2.68 bits per heavy atom. The van der Waals surface area contributed by atoms with Crippen molar-refractivity contribution in [3.63, 3.8) is 0 Å². The topological polar surface area (TPSA) is 12.0 Å². The average molecular weight is 328 g/mol. The lowest BCUT2D eigenvalue weighted by molar-refractivity contribution is 0.169. The van der Waals surface area contributed by atoms with Gasteiger partial charge in [-0.1, -0.05) is 26.0 Å².